The number of piperidine rings is 1. The molecule has 7 nitrogen and oxygen atoms in total. The van der Waals surface area contributed by atoms with E-state index >= 15 is 0 Å². The summed E-state index contributed by atoms with van der Waals surface area (Å²) < 4.78 is 2.35. The van der Waals surface area contributed by atoms with Crippen LogP contribution in [0.2, 0.25) is 0 Å². The van der Waals surface area contributed by atoms with Crippen LogP contribution >= 0.6 is 0 Å². The Hall–Kier alpha value is -2.15. The first-order valence-electron chi connectivity index (χ1n) is 10.3. The van der Waals surface area contributed by atoms with Gasteiger partial charge in [0.2, 0.25) is 5.95 Å². The van der Waals surface area contributed by atoms with E-state index in [4.69, 9.17) is 9.97 Å². The summed E-state index contributed by atoms with van der Waals surface area (Å²) in [4.78, 5) is 20.9. The van der Waals surface area contributed by atoms with Crippen LogP contribution in [0.25, 0.3) is 0 Å². The summed E-state index contributed by atoms with van der Waals surface area (Å²) in [6, 6.07) is 0. The van der Waals surface area contributed by atoms with E-state index < -0.39 is 0 Å². The van der Waals surface area contributed by atoms with Crippen LogP contribution < -0.4 is 9.80 Å². The standard InChI is InChI=1S/C21H35N7/c1-16-17(2)23-21(26(5)6)24-19(16)28-12-7-9-18(15-28)20-22-10-14-27(20)13-8-11-25(3)4/h10,14,18H,7-9,11-13,15H2,1-6H3. The van der Waals surface area contributed by atoms with Crippen LogP contribution in [0.3, 0.4) is 0 Å². The topological polar surface area (TPSA) is 53.3 Å². The molecule has 1 fully saturated rings. The van der Waals surface area contributed by atoms with Crippen molar-refractivity contribution < 1.29 is 0 Å². The molecule has 7 heteroatoms. The number of hydrogen-bond acceptors (Lipinski definition) is 6. The highest BCUT2D eigenvalue weighted by Gasteiger charge is 2.27. The zero-order chi connectivity index (χ0) is 20.3. The van der Waals surface area contributed by atoms with Crippen molar-refractivity contribution in [1.29, 1.82) is 0 Å². The number of hydrogen-bond donors (Lipinski definition) is 0. The lowest BCUT2D eigenvalue weighted by molar-refractivity contribution is 0.380. The predicted octanol–water partition coefficient (Wildman–Crippen LogP) is 2.69. The second-order valence-electron chi connectivity index (χ2n) is 8.37. The molecule has 0 saturated carbocycles. The summed E-state index contributed by atoms with van der Waals surface area (Å²) in [6.07, 6.45) is 7.57. The smallest absolute Gasteiger partial charge is 0.227 e. The molecule has 0 spiro atoms. The molecule has 3 heterocycles. The Labute approximate surface area is 169 Å². The average molecular weight is 386 g/mol. The zero-order valence-electron chi connectivity index (χ0n) is 18.3. The van der Waals surface area contributed by atoms with E-state index in [9.17, 15) is 0 Å². The highest BCUT2D eigenvalue weighted by atomic mass is 15.3. The van der Waals surface area contributed by atoms with Crippen LogP contribution in [0.4, 0.5) is 11.8 Å². The lowest BCUT2D eigenvalue weighted by Gasteiger charge is -2.35. The van der Waals surface area contributed by atoms with Crippen molar-refractivity contribution in [2.45, 2.75) is 45.6 Å². The molecular weight excluding hydrogens is 350 g/mol. The van der Waals surface area contributed by atoms with E-state index in [2.05, 4.69) is 53.5 Å². The summed E-state index contributed by atoms with van der Waals surface area (Å²) in [7, 11) is 8.25. The second-order valence-corrected chi connectivity index (χ2v) is 8.37. The third kappa shape index (κ3) is 4.63. The molecule has 0 aliphatic carbocycles. The molecule has 0 aromatic carbocycles. The SMILES string of the molecule is Cc1nc(N(C)C)nc(N2CCCC(c3nccn3CCCN(C)C)C2)c1C. The first-order chi connectivity index (χ1) is 13.4. The van der Waals surface area contributed by atoms with Crippen molar-refractivity contribution in [2.75, 3.05) is 57.6 Å². The minimum atomic E-state index is 0.445. The molecule has 1 atom stereocenters. The van der Waals surface area contributed by atoms with Gasteiger partial charge in [0.1, 0.15) is 11.6 Å². The van der Waals surface area contributed by atoms with E-state index in [0.29, 0.717) is 5.92 Å². The van der Waals surface area contributed by atoms with Crippen LogP contribution in [0, 0.1) is 13.8 Å². The summed E-state index contributed by atoms with van der Waals surface area (Å²) in [5.41, 5.74) is 2.24. The largest absolute Gasteiger partial charge is 0.355 e. The quantitative estimate of drug-likeness (QED) is 0.730. The second kappa shape index (κ2) is 8.90. The van der Waals surface area contributed by atoms with Gasteiger partial charge in [-0.05, 0) is 53.8 Å². The van der Waals surface area contributed by atoms with Gasteiger partial charge in [-0.3, -0.25) is 0 Å². The molecular formula is C21H35N7. The van der Waals surface area contributed by atoms with Gasteiger partial charge in [0.05, 0.1) is 0 Å². The van der Waals surface area contributed by atoms with Crippen LogP contribution in [-0.2, 0) is 6.54 Å². The van der Waals surface area contributed by atoms with Crippen molar-refractivity contribution >= 4 is 11.8 Å². The van der Waals surface area contributed by atoms with Gasteiger partial charge in [-0.2, -0.15) is 4.98 Å². The Bertz CT molecular complexity index is 781. The first kappa shape index (κ1) is 20.6. The number of anilines is 2. The fourth-order valence-corrected chi connectivity index (χ4v) is 3.91. The number of rotatable bonds is 7. The molecule has 0 radical (unpaired) electrons. The predicted molar refractivity (Wildman–Crippen MR) is 115 cm³/mol. The Morgan fingerprint density at radius 2 is 1.93 bits per heavy atom. The van der Waals surface area contributed by atoms with Crippen LogP contribution in [0.1, 0.15) is 42.3 Å². The number of nitrogens with zero attached hydrogens (tertiary/aromatic N) is 7. The fraction of sp³-hybridized carbons (Fsp3) is 0.667. The highest BCUT2D eigenvalue weighted by Crippen LogP contribution is 2.31. The van der Waals surface area contributed by atoms with Crippen molar-refractivity contribution in [1.82, 2.24) is 24.4 Å². The Morgan fingerprint density at radius 3 is 2.64 bits per heavy atom. The molecule has 0 N–H and O–H groups in total. The van der Waals surface area contributed by atoms with Gasteiger partial charge >= 0.3 is 0 Å². The van der Waals surface area contributed by atoms with E-state index in [1.807, 2.05) is 25.2 Å². The fourth-order valence-electron chi connectivity index (χ4n) is 3.91. The van der Waals surface area contributed by atoms with Crippen molar-refractivity contribution in [2.24, 2.45) is 0 Å². The van der Waals surface area contributed by atoms with Crippen LogP contribution in [0.15, 0.2) is 12.4 Å². The van der Waals surface area contributed by atoms with E-state index in [0.717, 1.165) is 56.5 Å². The third-order valence-electron chi connectivity index (χ3n) is 5.59. The Morgan fingerprint density at radius 1 is 1.14 bits per heavy atom. The number of aryl methyl sites for hydroxylation is 2. The van der Waals surface area contributed by atoms with Gasteiger partial charge in [-0.15, -0.1) is 0 Å². The van der Waals surface area contributed by atoms with Gasteiger partial charge in [0, 0.05) is 63.3 Å². The van der Waals surface area contributed by atoms with Crippen molar-refractivity contribution in [3.05, 3.63) is 29.5 Å². The van der Waals surface area contributed by atoms with E-state index in [1.165, 1.54) is 17.8 Å². The maximum absolute atomic E-state index is 4.87. The minimum Gasteiger partial charge on any atom is -0.355 e. The molecule has 2 aromatic heterocycles. The van der Waals surface area contributed by atoms with Gasteiger partial charge < -0.3 is 19.3 Å². The van der Waals surface area contributed by atoms with Crippen molar-refractivity contribution in [3.63, 3.8) is 0 Å². The summed E-state index contributed by atoms with van der Waals surface area (Å²) in [5, 5.41) is 0. The summed E-state index contributed by atoms with van der Waals surface area (Å²) in [6.45, 7) is 8.35. The van der Waals surface area contributed by atoms with Gasteiger partial charge in [-0.25, -0.2) is 9.97 Å². The molecule has 1 aliphatic rings. The van der Waals surface area contributed by atoms with Gasteiger partial charge in [0.25, 0.3) is 0 Å². The lowest BCUT2D eigenvalue weighted by Crippen LogP contribution is -2.37. The molecule has 1 aliphatic heterocycles. The summed E-state index contributed by atoms with van der Waals surface area (Å²) in [5.74, 6) is 3.53. The normalized spacial score (nSPS) is 17.4. The molecule has 0 amide bonds. The average Bonchev–Trinajstić information content (AvgIpc) is 3.12. The molecule has 3 rings (SSSR count). The Kier molecular flexibility index (Phi) is 6.54. The number of imidazole rings is 1. The lowest BCUT2D eigenvalue weighted by atomic mass is 9.96. The molecule has 1 unspecified atom stereocenters. The van der Waals surface area contributed by atoms with Crippen LogP contribution in [-0.4, -0.2) is 72.2 Å². The third-order valence-corrected chi connectivity index (χ3v) is 5.59. The molecule has 1 saturated heterocycles. The van der Waals surface area contributed by atoms with E-state index in [1.54, 1.807) is 0 Å². The maximum Gasteiger partial charge on any atom is 0.227 e. The van der Waals surface area contributed by atoms with Crippen LogP contribution in [0.5, 0.6) is 0 Å². The first-order valence-corrected chi connectivity index (χ1v) is 10.3. The molecule has 28 heavy (non-hydrogen) atoms. The summed E-state index contributed by atoms with van der Waals surface area (Å²) >= 11 is 0. The maximum atomic E-state index is 4.87. The van der Waals surface area contributed by atoms with Crippen molar-refractivity contribution in [3.8, 4) is 0 Å². The monoisotopic (exact) mass is 385 g/mol. The molecule has 0 bridgehead atoms. The van der Waals surface area contributed by atoms with Gasteiger partial charge in [-0.1, -0.05) is 0 Å². The highest BCUT2D eigenvalue weighted by molar-refractivity contribution is 5.52. The van der Waals surface area contributed by atoms with Gasteiger partial charge in [0.15, 0.2) is 0 Å². The number of aromatic nitrogens is 4. The minimum absolute atomic E-state index is 0.445. The zero-order valence-corrected chi connectivity index (χ0v) is 18.3. The molecule has 154 valence electrons. The van der Waals surface area contributed by atoms with E-state index in [-0.39, 0.29) is 0 Å². The Balaban J connectivity index is 1.78. The molecule has 2 aromatic rings.